The van der Waals surface area contributed by atoms with Gasteiger partial charge in [0.25, 0.3) is 0 Å². The first-order valence-electron chi connectivity index (χ1n) is 13.8. The highest BCUT2D eigenvalue weighted by molar-refractivity contribution is 6.09. The van der Waals surface area contributed by atoms with E-state index >= 15 is 0 Å². The number of aliphatic hydroxyl groups is 1. The molecule has 0 spiro atoms. The van der Waals surface area contributed by atoms with Gasteiger partial charge in [-0.2, -0.15) is 0 Å². The van der Waals surface area contributed by atoms with Crippen LogP contribution in [0.5, 0.6) is 5.75 Å². The minimum atomic E-state index is -1.22. The molecule has 0 atom stereocenters. The molecule has 208 valence electrons. The summed E-state index contributed by atoms with van der Waals surface area (Å²) in [5.74, 6) is -0.716. The second-order valence-corrected chi connectivity index (χ2v) is 7.84. The number of benzene rings is 1. The van der Waals surface area contributed by atoms with Crippen LogP contribution in [0.2, 0.25) is 0 Å². The van der Waals surface area contributed by atoms with Crippen molar-refractivity contribution < 1.29 is 19.7 Å². The fourth-order valence-corrected chi connectivity index (χ4v) is 3.39. The summed E-state index contributed by atoms with van der Waals surface area (Å²) < 4.78 is 6.21. The zero-order valence-electron chi connectivity index (χ0n) is 24.7. The number of carboxylic acids is 1. The predicted octanol–water partition coefficient (Wildman–Crippen LogP) is 9.37. The lowest BCUT2D eigenvalue weighted by Crippen LogP contribution is -2.11. The van der Waals surface area contributed by atoms with Crippen LogP contribution in [0.3, 0.4) is 0 Å². The molecule has 2 N–H and O–H groups in total. The Morgan fingerprint density at radius 3 is 2.08 bits per heavy atom. The zero-order chi connectivity index (χ0) is 28.8. The summed E-state index contributed by atoms with van der Waals surface area (Å²) in [5.41, 5.74) is 3.09. The molecule has 5 heteroatoms. The van der Waals surface area contributed by atoms with Crippen LogP contribution in [0, 0.1) is 0 Å². The number of aliphatic hydroxyl groups excluding tert-OH is 1. The lowest BCUT2D eigenvalue weighted by Gasteiger charge is -2.17. The normalized spacial score (nSPS) is 14.3. The van der Waals surface area contributed by atoms with Crippen molar-refractivity contribution in [2.75, 3.05) is 6.54 Å². The SMILES string of the molecule is C=C(/C=C(C)/C(C)=C/C(O)=C(\C=NCCC)C(=O)O)c1ccccc1OC1CCCC1.CC.CC.CC. The third-order valence-corrected chi connectivity index (χ3v) is 5.27. The second-order valence-electron chi connectivity index (χ2n) is 7.84. The van der Waals surface area contributed by atoms with Gasteiger partial charge in [0.15, 0.2) is 0 Å². The molecule has 1 aliphatic rings. The van der Waals surface area contributed by atoms with Gasteiger partial charge < -0.3 is 14.9 Å². The summed E-state index contributed by atoms with van der Waals surface area (Å²) in [5, 5.41) is 19.7. The number of hydrogen-bond donors (Lipinski definition) is 2. The van der Waals surface area contributed by atoms with E-state index in [-0.39, 0.29) is 17.4 Å². The summed E-state index contributed by atoms with van der Waals surface area (Å²) in [6, 6.07) is 7.87. The first-order valence-corrected chi connectivity index (χ1v) is 13.8. The Kier molecular flexibility index (Phi) is 21.6. The highest BCUT2D eigenvalue weighted by atomic mass is 16.5. The third kappa shape index (κ3) is 13.7. The molecule has 1 aromatic carbocycles. The van der Waals surface area contributed by atoms with Gasteiger partial charge in [-0.3, -0.25) is 4.99 Å². The fourth-order valence-electron chi connectivity index (χ4n) is 3.39. The van der Waals surface area contributed by atoms with Gasteiger partial charge in [0.2, 0.25) is 0 Å². The van der Waals surface area contributed by atoms with Crippen molar-refractivity contribution in [3.8, 4) is 5.75 Å². The molecule has 0 aliphatic heterocycles. The number of allylic oxidation sites excluding steroid dienone is 5. The molecule has 1 fully saturated rings. The first kappa shape index (κ1) is 36.1. The Balaban J connectivity index is 0. The largest absolute Gasteiger partial charge is 0.507 e. The summed E-state index contributed by atoms with van der Waals surface area (Å²) >= 11 is 0. The molecule has 2 rings (SSSR count). The van der Waals surface area contributed by atoms with Crippen molar-refractivity contribution in [2.45, 2.75) is 101 Å². The number of hydrogen-bond acceptors (Lipinski definition) is 4. The van der Waals surface area contributed by atoms with Crippen LogP contribution in [0.1, 0.15) is 100.0 Å². The van der Waals surface area contributed by atoms with Crippen molar-refractivity contribution in [1.82, 2.24) is 0 Å². The molecule has 5 nitrogen and oxygen atoms in total. The maximum Gasteiger partial charge on any atom is 0.341 e. The minimum absolute atomic E-state index is 0.227. The van der Waals surface area contributed by atoms with Crippen LogP contribution < -0.4 is 4.74 Å². The monoisotopic (exact) mass is 513 g/mol. The Morgan fingerprint density at radius 2 is 1.54 bits per heavy atom. The van der Waals surface area contributed by atoms with Gasteiger partial charge in [0.05, 0.1) is 6.10 Å². The van der Waals surface area contributed by atoms with E-state index in [0.717, 1.165) is 47.3 Å². The van der Waals surface area contributed by atoms with E-state index in [9.17, 15) is 15.0 Å². The fraction of sp³-hybridized carbons (Fsp3) is 0.500. The molecule has 1 aromatic rings. The molecule has 37 heavy (non-hydrogen) atoms. The number of carbonyl (C=O) groups is 1. The number of carboxylic acid groups (broad SMARTS) is 1. The van der Waals surface area contributed by atoms with E-state index in [1.54, 1.807) is 0 Å². The molecule has 0 amide bonds. The summed E-state index contributed by atoms with van der Waals surface area (Å²) in [7, 11) is 0. The Morgan fingerprint density at radius 1 is 1.00 bits per heavy atom. The van der Waals surface area contributed by atoms with E-state index in [4.69, 9.17) is 4.74 Å². The van der Waals surface area contributed by atoms with E-state index in [2.05, 4.69) is 11.6 Å². The summed E-state index contributed by atoms with van der Waals surface area (Å²) in [6.07, 6.45) is 10.2. The van der Waals surface area contributed by atoms with Gasteiger partial charge in [-0.05, 0) is 74.8 Å². The lowest BCUT2D eigenvalue weighted by molar-refractivity contribution is -0.132. The van der Waals surface area contributed by atoms with E-state index in [0.29, 0.717) is 6.54 Å². The highest BCUT2D eigenvalue weighted by Gasteiger charge is 2.18. The molecule has 0 aromatic heterocycles. The minimum Gasteiger partial charge on any atom is -0.507 e. The van der Waals surface area contributed by atoms with Crippen LogP contribution >= 0.6 is 0 Å². The van der Waals surface area contributed by atoms with Gasteiger partial charge in [0, 0.05) is 18.3 Å². The number of aliphatic imine (C=N–C) groups is 1. The molecule has 1 saturated carbocycles. The topological polar surface area (TPSA) is 79.1 Å². The number of nitrogens with zero attached hydrogens (tertiary/aromatic N) is 1. The number of rotatable bonds is 10. The Hall–Kier alpha value is -3.08. The van der Waals surface area contributed by atoms with Crippen molar-refractivity contribution in [3.63, 3.8) is 0 Å². The quantitative estimate of drug-likeness (QED) is 0.141. The third-order valence-electron chi connectivity index (χ3n) is 5.27. The average Bonchev–Trinajstić information content (AvgIpc) is 3.43. The van der Waals surface area contributed by atoms with Gasteiger partial charge >= 0.3 is 5.97 Å². The van der Waals surface area contributed by atoms with Gasteiger partial charge in [-0.25, -0.2) is 4.79 Å². The summed E-state index contributed by atoms with van der Waals surface area (Å²) in [6.45, 7) is 22.4. The number of aliphatic carboxylic acids is 1. The summed E-state index contributed by atoms with van der Waals surface area (Å²) in [4.78, 5) is 15.5. The van der Waals surface area contributed by atoms with Crippen molar-refractivity contribution in [2.24, 2.45) is 4.99 Å². The number of para-hydroxylation sites is 1. The molecule has 0 saturated heterocycles. The lowest BCUT2D eigenvalue weighted by atomic mass is 10.00. The molecule has 0 radical (unpaired) electrons. The molecule has 0 heterocycles. The molecule has 1 aliphatic carbocycles. The van der Waals surface area contributed by atoms with Crippen LogP contribution in [0.25, 0.3) is 5.57 Å². The maximum absolute atomic E-state index is 11.4. The van der Waals surface area contributed by atoms with E-state index < -0.39 is 5.97 Å². The molecule has 0 unspecified atom stereocenters. The Labute approximate surface area is 226 Å². The van der Waals surface area contributed by atoms with Gasteiger partial charge in [-0.1, -0.05) is 79.3 Å². The highest BCUT2D eigenvalue weighted by Crippen LogP contribution is 2.31. The van der Waals surface area contributed by atoms with Crippen molar-refractivity contribution in [1.29, 1.82) is 0 Å². The van der Waals surface area contributed by atoms with Crippen LogP contribution in [0.15, 0.2) is 70.5 Å². The second kappa shape index (κ2) is 22.1. The van der Waals surface area contributed by atoms with E-state index in [1.807, 2.05) is 92.7 Å². The van der Waals surface area contributed by atoms with Crippen LogP contribution in [-0.4, -0.2) is 35.0 Å². The maximum atomic E-state index is 11.4. The molecular formula is C32H51NO4. The van der Waals surface area contributed by atoms with Crippen molar-refractivity contribution >= 4 is 17.8 Å². The van der Waals surface area contributed by atoms with Gasteiger partial charge in [0.1, 0.15) is 17.1 Å². The van der Waals surface area contributed by atoms with Crippen molar-refractivity contribution in [3.05, 3.63) is 71.0 Å². The smallest absolute Gasteiger partial charge is 0.341 e. The molecular weight excluding hydrogens is 462 g/mol. The first-order chi connectivity index (χ1) is 17.8. The predicted molar refractivity (Wildman–Crippen MR) is 161 cm³/mol. The average molecular weight is 514 g/mol. The van der Waals surface area contributed by atoms with E-state index in [1.165, 1.54) is 25.1 Å². The van der Waals surface area contributed by atoms with Crippen LogP contribution in [0.4, 0.5) is 0 Å². The standard InChI is InChI=1S/C26H33NO4.3C2H6/c1-5-14-27-17-23(26(29)30)24(28)16-19(3)18(2)15-20(4)22-12-8-9-13-25(22)31-21-10-6-7-11-21;3*1-2/h8-9,12-13,15-17,21,28H,4-7,10-11,14H2,1-3H3,(H,29,30);3*1-2H3/b18-15+,19-16+,24-23-,27-17?;;;. The van der Waals surface area contributed by atoms with Crippen LogP contribution in [-0.2, 0) is 4.79 Å². The zero-order valence-corrected chi connectivity index (χ0v) is 24.7. The van der Waals surface area contributed by atoms with Gasteiger partial charge in [-0.15, -0.1) is 0 Å². The number of ether oxygens (including phenoxy) is 1. The molecule has 0 bridgehead atoms. The Bertz CT molecular complexity index is 916.